The molecular formula is C19H30N4O4. The first kappa shape index (κ1) is 20.9. The fourth-order valence-corrected chi connectivity index (χ4v) is 3.52. The van der Waals surface area contributed by atoms with Crippen molar-refractivity contribution in [3.8, 4) is 0 Å². The van der Waals surface area contributed by atoms with Crippen molar-refractivity contribution in [2.45, 2.75) is 70.9 Å². The molecule has 0 aromatic carbocycles. The fraction of sp³-hybridized carbons (Fsp3) is 0.684. The predicted molar refractivity (Wildman–Crippen MR) is 99.3 cm³/mol. The number of hydrogen-bond donors (Lipinski definition) is 2. The largest absolute Gasteiger partial charge is 0.370 e. The van der Waals surface area contributed by atoms with Crippen LogP contribution in [0.15, 0.2) is 10.6 Å². The molecule has 1 heterocycles. The summed E-state index contributed by atoms with van der Waals surface area (Å²) in [5.74, 6) is 0.342. The molecule has 8 heteroatoms. The van der Waals surface area contributed by atoms with E-state index in [0.29, 0.717) is 23.8 Å². The number of likely N-dealkylation sites (N-methyl/N-ethyl adjacent to an activating group) is 1. The summed E-state index contributed by atoms with van der Waals surface area (Å²) in [7, 11) is 1.63. The highest BCUT2D eigenvalue weighted by Gasteiger charge is 2.25. The predicted octanol–water partition coefficient (Wildman–Crippen LogP) is 1.66. The van der Waals surface area contributed by atoms with E-state index in [-0.39, 0.29) is 31.2 Å². The summed E-state index contributed by atoms with van der Waals surface area (Å²) in [6.07, 6.45) is 6.29. The van der Waals surface area contributed by atoms with E-state index >= 15 is 0 Å². The second-order valence-electron chi connectivity index (χ2n) is 7.44. The maximum absolute atomic E-state index is 12.8. The fourth-order valence-electron chi connectivity index (χ4n) is 3.52. The number of carbonyl (C=O) groups excluding carboxylic acids is 3. The zero-order valence-corrected chi connectivity index (χ0v) is 16.2. The van der Waals surface area contributed by atoms with Crippen LogP contribution in [0.25, 0.3) is 0 Å². The Labute approximate surface area is 159 Å². The number of primary amides is 1. The van der Waals surface area contributed by atoms with Crippen LogP contribution in [-0.4, -0.2) is 40.9 Å². The second-order valence-corrected chi connectivity index (χ2v) is 7.44. The van der Waals surface area contributed by atoms with Crippen LogP contribution in [-0.2, 0) is 20.9 Å². The van der Waals surface area contributed by atoms with Gasteiger partial charge in [-0.25, -0.2) is 0 Å². The molecule has 0 saturated heterocycles. The number of hydrogen-bond acceptors (Lipinski definition) is 5. The van der Waals surface area contributed by atoms with Gasteiger partial charge >= 0.3 is 0 Å². The average molecular weight is 378 g/mol. The molecule has 0 aliphatic heterocycles. The Hall–Kier alpha value is -2.38. The Morgan fingerprint density at radius 1 is 1.33 bits per heavy atom. The molecule has 1 aromatic heterocycles. The average Bonchev–Trinajstić information content (AvgIpc) is 3.27. The molecule has 1 aliphatic carbocycles. The number of nitrogens with zero attached hydrogens (tertiary/aromatic N) is 2. The lowest BCUT2D eigenvalue weighted by Gasteiger charge is -2.24. The van der Waals surface area contributed by atoms with Crippen LogP contribution < -0.4 is 11.1 Å². The highest BCUT2D eigenvalue weighted by atomic mass is 16.5. The molecule has 0 spiro atoms. The Morgan fingerprint density at radius 2 is 2.04 bits per heavy atom. The SMILES string of the molecule is Cc1cc(CN(C)C(=O)C(CCC(N)=O)NC(=O)CCC2CCCC2)no1. The van der Waals surface area contributed by atoms with Crippen molar-refractivity contribution in [2.75, 3.05) is 7.05 Å². The minimum Gasteiger partial charge on any atom is -0.370 e. The van der Waals surface area contributed by atoms with Crippen molar-refractivity contribution in [2.24, 2.45) is 11.7 Å². The highest BCUT2D eigenvalue weighted by molar-refractivity contribution is 5.88. The molecule has 27 heavy (non-hydrogen) atoms. The smallest absolute Gasteiger partial charge is 0.245 e. The summed E-state index contributed by atoms with van der Waals surface area (Å²) in [5, 5.41) is 6.66. The molecule has 0 radical (unpaired) electrons. The van der Waals surface area contributed by atoms with E-state index in [0.717, 1.165) is 6.42 Å². The van der Waals surface area contributed by atoms with Gasteiger partial charge in [0.2, 0.25) is 17.7 Å². The third-order valence-electron chi connectivity index (χ3n) is 5.02. The molecule has 8 nitrogen and oxygen atoms in total. The van der Waals surface area contributed by atoms with E-state index in [1.165, 1.54) is 30.6 Å². The molecular weight excluding hydrogens is 348 g/mol. The van der Waals surface area contributed by atoms with E-state index in [1.54, 1.807) is 20.0 Å². The summed E-state index contributed by atoms with van der Waals surface area (Å²) in [6, 6.07) is 0.981. The van der Waals surface area contributed by atoms with Gasteiger partial charge in [-0.15, -0.1) is 0 Å². The van der Waals surface area contributed by atoms with E-state index in [4.69, 9.17) is 10.3 Å². The number of amides is 3. The maximum atomic E-state index is 12.8. The molecule has 3 N–H and O–H groups in total. The first-order valence-electron chi connectivity index (χ1n) is 9.60. The van der Waals surface area contributed by atoms with Crippen molar-refractivity contribution in [1.82, 2.24) is 15.4 Å². The van der Waals surface area contributed by atoms with Crippen LogP contribution in [0, 0.1) is 12.8 Å². The van der Waals surface area contributed by atoms with Crippen molar-refractivity contribution in [3.05, 3.63) is 17.5 Å². The Kier molecular flexibility index (Phi) is 7.82. The van der Waals surface area contributed by atoms with Crippen LogP contribution in [0.3, 0.4) is 0 Å². The van der Waals surface area contributed by atoms with E-state index in [2.05, 4.69) is 10.5 Å². The summed E-state index contributed by atoms with van der Waals surface area (Å²) >= 11 is 0. The number of carbonyl (C=O) groups is 3. The second kappa shape index (κ2) is 10.1. The summed E-state index contributed by atoms with van der Waals surface area (Å²) in [5.41, 5.74) is 5.85. The van der Waals surface area contributed by atoms with Gasteiger partial charge in [0.05, 0.1) is 6.54 Å². The standard InChI is InChI=1S/C19H30N4O4/c1-13-11-15(22-27-13)12-23(2)19(26)16(8-9-17(20)24)21-18(25)10-7-14-5-3-4-6-14/h11,14,16H,3-10,12H2,1-2H3,(H2,20,24)(H,21,25). The van der Waals surface area contributed by atoms with Crippen molar-refractivity contribution in [3.63, 3.8) is 0 Å². The third-order valence-corrected chi connectivity index (χ3v) is 5.02. The summed E-state index contributed by atoms with van der Waals surface area (Å²) < 4.78 is 5.01. The molecule has 1 fully saturated rings. The number of nitrogens with two attached hydrogens (primary N) is 1. The van der Waals surface area contributed by atoms with Crippen LogP contribution in [0.1, 0.15) is 62.8 Å². The number of nitrogens with one attached hydrogen (secondary N) is 1. The lowest BCUT2D eigenvalue weighted by atomic mass is 10.0. The lowest BCUT2D eigenvalue weighted by molar-refractivity contribution is -0.136. The maximum Gasteiger partial charge on any atom is 0.245 e. The van der Waals surface area contributed by atoms with Gasteiger partial charge in [0.15, 0.2) is 0 Å². The summed E-state index contributed by atoms with van der Waals surface area (Å²) in [6.45, 7) is 2.04. The van der Waals surface area contributed by atoms with Crippen LogP contribution in [0.2, 0.25) is 0 Å². The zero-order chi connectivity index (χ0) is 19.8. The molecule has 150 valence electrons. The minimum atomic E-state index is -0.772. The number of aromatic nitrogens is 1. The molecule has 1 aromatic rings. The monoisotopic (exact) mass is 378 g/mol. The van der Waals surface area contributed by atoms with Crippen LogP contribution >= 0.6 is 0 Å². The topological polar surface area (TPSA) is 119 Å². The van der Waals surface area contributed by atoms with Crippen molar-refractivity contribution >= 4 is 17.7 Å². The minimum absolute atomic E-state index is 0.0379. The summed E-state index contributed by atoms with van der Waals surface area (Å²) in [4.78, 5) is 37.7. The molecule has 2 rings (SSSR count). The van der Waals surface area contributed by atoms with Gasteiger partial charge in [-0.1, -0.05) is 30.8 Å². The molecule has 1 aliphatic rings. The normalized spacial score (nSPS) is 15.5. The van der Waals surface area contributed by atoms with Crippen LogP contribution in [0.4, 0.5) is 0 Å². The van der Waals surface area contributed by atoms with Gasteiger partial charge in [0.25, 0.3) is 0 Å². The van der Waals surface area contributed by atoms with E-state index in [9.17, 15) is 14.4 Å². The van der Waals surface area contributed by atoms with E-state index < -0.39 is 11.9 Å². The number of rotatable bonds is 10. The Bertz CT molecular complexity index is 652. The number of aryl methyl sites for hydroxylation is 1. The Balaban J connectivity index is 1.90. The van der Waals surface area contributed by atoms with Crippen molar-refractivity contribution < 1.29 is 18.9 Å². The van der Waals surface area contributed by atoms with Gasteiger partial charge in [0, 0.05) is 26.0 Å². The highest BCUT2D eigenvalue weighted by Crippen LogP contribution is 2.28. The Morgan fingerprint density at radius 3 is 2.63 bits per heavy atom. The van der Waals surface area contributed by atoms with Gasteiger partial charge in [-0.3, -0.25) is 14.4 Å². The first-order valence-corrected chi connectivity index (χ1v) is 9.60. The van der Waals surface area contributed by atoms with Crippen LogP contribution in [0.5, 0.6) is 0 Å². The molecule has 0 bridgehead atoms. The molecule has 1 unspecified atom stereocenters. The van der Waals surface area contributed by atoms with E-state index in [1.807, 2.05) is 0 Å². The molecule has 1 atom stereocenters. The van der Waals surface area contributed by atoms with Gasteiger partial charge < -0.3 is 20.5 Å². The van der Waals surface area contributed by atoms with Gasteiger partial charge in [-0.2, -0.15) is 0 Å². The lowest BCUT2D eigenvalue weighted by Crippen LogP contribution is -2.47. The van der Waals surface area contributed by atoms with Gasteiger partial charge in [0.1, 0.15) is 17.5 Å². The third kappa shape index (κ3) is 7.03. The van der Waals surface area contributed by atoms with Crippen molar-refractivity contribution in [1.29, 1.82) is 0 Å². The molecule has 1 saturated carbocycles. The first-order chi connectivity index (χ1) is 12.8. The zero-order valence-electron chi connectivity index (χ0n) is 16.2. The van der Waals surface area contributed by atoms with Gasteiger partial charge in [-0.05, 0) is 25.7 Å². The quantitative estimate of drug-likeness (QED) is 0.642. The molecule has 3 amide bonds.